The largest absolute Gasteiger partial charge is 0.508 e. The number of nitrogens with zero attached hydrogens (tertiary/aromatic N) is 1. The molecule has 3 aromatic rings. The highest BCUT2D eigenvalue weighted by atomic mass is 35.5. The Labute approximate surface area is 247 Å². The number of carbonyl (C=O) groups excluding carboxylic acids is 3. The van der Waals surface area contributed by atoms with Crippen LogP contribution in [0.15, 0.2) is 66.7 Å². The molecule has 0 bridgehead atoms. The second-order valence-electron chi connectivity index (χ2n) is 9.96. The van der Waals surface area contributed by atoms with Gasteiger partial charge in [-0.25, -0.2) is 4.39 Å². The number of amides is 3. The number of phenols is 1. The van der Waals surface area contributed by atoms with Gasteiger partial charge in [0.25, 0.3) is 11.8 Å². The zero-order valence-corrected chi connectivity index (χ0v) is 23.7. The molecule has 1 aliphatic rings. The summed E-state index contributed by atoms with van der Waals surface area (Å²) in [6.45, 7) is 1.22. The number of nitrogens with one attached hydrogen (secondary N) is 2. The number of likely N-dealkylation sites (tertiary alicyclic amines) is 1. The molecule has 0 spiro atoms. The number of benzene rings is 3. The van der Waals surface area contributed by atoms with E-state index in [1.807, 2.05) is 0 Å². The fourth-order valence-electron chi connectivity index (χ4n) is 4.81. The number of rotatable bonds is 9. The van der Waals surface area contributed by atoms with Gasteiger partial charge in [0, 0.05) is 34.1 Å². The van der Waals surface area contributed by atoms with Gasteiger partial charge in [0.05, 0.1) is 12.6 Å². The molecule has 3 aromatic carbocycles. The Kier molecular flexibility index (Phi) is 9.86. The molecular formula is C30H30Cl2FN3O5. The van der Waals surface area contributed by atoms with E-state index in [0.29, 0.717) is 21.2 Å². The van der Waals surface area contributed by atoms with E-state index >= 15 is 0 Å². The van der Waals surface area contributed by atoms with Crippen molar-refractivity contribution in [2.75, 3.05) is 6.54 Å². The molecule has 8 nitrogen and oxygen atoms in total. The van der Waals surface area contributed by atoms with Gasteiger partial charge in [0.1, 0.15) is 18.0 Å². The van der Waals surface area contributed by atoms with Crippen molar-refractivity contribution in [1.29, 1.82) is 0 Å². The molecule has 1 heterocycles. The highest BCUT2D eigenvalue weighted by Gasteiger charge is 2.43. The van der Waals surface area contributed by atoms with Crippen molar-refractivity contribution in [1.82, 2.24) is 15.5 Å². The molecule has 0 unspecified atom stereocenters. The molecule has 1 aliphatic heterocycles. The van der Waals surface area contributed by atoms with E-state index in [1.165, 1.54) is 24.3 Å². The van der Waals surface area contributed by atoms with Crippen LogP contribution in [0.5, 0.6) is 5.75 Å². The zero-order chi connectivity index (χ0) is 29.7. The van der Waals surface area contributed by atoms with Crippen LogP contribution in [-0.4, -0.2) is 63.7 Å². The van der Waals surface area contributed by atoms with Gasteiger partial charge in [-0.1, -0.05) is 65.7 Å². The zero-order valence-electron chi connectivity index (χ0n) is 22.2. The quantitative estimate of drug-likeness (QED) is 0.296. The van der Waals surface area contributed by atoms with Gasteiger partial charge in [0.2, 0.25) is 5.91 Å². The lowest BCUT2D eigenvalue weighted by molar-refractivity contribution is -0.146. The molecule has 0 aliphatic carbocycles. The summed E-state index contributed by atoms with van der Waals surface area (Å²) < 4.78 is 14.6. The molecule has 4 rings (SSSR count). The maximum absolute atomic E-state index is 14.6. The van der Waals surface area contributed by atoms with Gasteiger partial charge in [-0.2, -0.15) is 0 Å². The standard InChI is InChI=1S/C30H30Cl2FN3O5/c1-17-22(8-5-9-26(17)37)28(39)35-24(12-18-6-3-2-4-7-18)27(38)30(41)36-16-21(33)14-25(36)29(40)34-15-19-10-11-20(31)13-23(19)32/h2-11,13,21,24-25,27,37-38H,12,14-16H2,1H3,(H,34,40)(H,35,39)/t21-,24+,25+,27+/m1/s1. The van der Waals surface area contributed by atoms with E-state index in [-0.39, 0.29) is 37.2 Å². The van der Waals surface area contributed by atoms with Gasteiger partial charge < -0.3 is 25.7 Å². The summed E-state index contributed by atoms with van der Waals surface area (Å²) in [7, 11) is 0. The van der Waals surface area contributed by atoms with Crippen LogP contribution in [0.3, 0.4) is 0 Å². The number of carbonyl (C=O) groups is 3. The number of aliphatic hydroxyl groups is 1. The van der Waals surface area contributed by atoms with Crippen molar-refractivity contribution in [2.24, 2.45) is 0 Å². The topological polar surface area (TPSA) is 119 Å². The Bertz CT molecular complexity index is 1420. The van der Waals surface area contributed by atoms with E-state index in [2.05, 4.69) is 10.6 Å². The molecular weight excluding hydrogens is 572 g/mol. The van der Waals surface area contributed by atoms with E-state index in [1.54, 1.807) is 49.4 Å². The molecule has 0 saturated carbocycles. The number of halogens is 3. The molecule has 0 radical (unpaired) electrons. The highest BCUT2D eigenvalue weighted by molar-refractivity contribution is 6.35. The summed E-state index contributed by atoms with van der Waals surface area (Å²) in [4.78, 5) is 40.8. The number of aliphatic hydroxyl groups excluding tert-OH is 1. The lowest BCUT2D eigenvalue weighted by Gasteiger charge is -2.30. The minimum Gasteiger partial charge on any atom is -0.508 e. The highest BCUT2D eigenvalue weighted by Crippen LogP contribution is 2.25. The maximum Gasteiger partial charge on any atom is 0.254 e. The monoisotopic (exact) mass is 601 g/mol. The van der Waals surface area contributed by atoms with Gasteiger partial charge >= 0.3 is 0 Å². The van der Waals surface area contributed by atoms with E-state index in [4.69, 9.17) is 23.2 Å². The molecule has 216 valence electrons. The second kappa shape index (κ2) is 13.3. The Morgan fingerprint density at radius 1 is 1.07 bits per heavy atom. The first-order chi connectivity index (χ1) is 19.5. The minimum atomic E-state index is -1.79. The van der Waals surface area contributed by atoms with Crippen LogP contribution >= 0.6 is 23.2 Å². The van der Waals surface area contributed by atoms with Crippen LogP contribution in [0.25, 0.3) is 0 Å². The third-order valence-corrected chi connectivity index (χ3v) is 7.69. The van der Waals surface area contributed by atoms with Crippen LogP contribution < -0.4 is 10.6 Å². The first kappa shape index (κ1) is 30.3. The number of alkyl halides is 1. The number of hydrogen-bond donors (Lipinski definition) is 4. The Morgan fingerprint density at radius 2 is 1.80 bits per heavy atom. The molecule has 11 heteroatoms. The smallest absolute Gasteiger partial charge is 0.254 e. The number of phenolic OH excluding ortho intramolecular Hbond substituents is 1. The normalized spacial score (nSPS) is 18.0. The molecule has 1 fully saturated rings. The lowest BCUT2D eigenvalue weighted by atomic mass is 9.98. The SMILES string of the molecule is Cc1c(O)cccc1C(=O)N[C@@H](Cc1ccccc1)[C@H](O)C(=O)N1C[C@H](F)C[C@H]1C(=O)NCc1ccc(Cl)cc1Cl. The molecule has 4 atom stereocenters. The van der Waals surface area contributed by atoms with Crippen molar-refractivity contribution >= 4 is 40.9 Å². The van der Waals surface area contributed by atoms with Crippen molar-refractivity contribution in [3.05, 3.63) is 99.0 Å². The minimum absolute atomic E-state index is 0.0306. The summed E-state index contributed by atoms with van der Waals surface area (Å²) in [5, 5.41) is 27.4. The van der Waals surface area contributed by atoms with Crippen LogP contribution in [0.2, 0.25) is 10.0 Å². The van der Waals surface area contributed by atoms with Gasteiger partial charge in [-0.15, -0.1) is 0 Å². The van der Waals surface area contributed by atoms with Crippen molar-refractivity contribution in [3.8, 4) is 5.75 Å². The molecule has 0 aromatic heterocycles. The fourth-order valence-corrected chi connectivity index (χ4v) is 5.28. The second-order valence-corrected chi connectivity index (χ2v) is 10.8. The van der Waals surface area contributed by atoms with Crippen LogP contribution in [-0.2, 0) is 22.6 Å². The average Bonchev–Trinajstić information content (AvgIpc) is 3.35. The van der Waals surface area contributed by atoms with Crippen LogP contribution in [0.1, 0.15) is 33.5 Å². The van der Waals surface area contributed by atoms with Gasteiger partial charge in [-0.3, -0.25) is 14.4 Å². The molecule has 41 heavy (non-hydrogen) atoms. The number of aromatic hydroxyl groups is 1. The molecule has 4 N–H and O–H groups in total. The first-order valence-electron chi connectivity index (χ1n) is 13.0. The summed E-state index contributed by atoms with van der Waals surface area (Å²) >= 11 is 12.1. The Balaban J connectivity index is 1.52. The predicted molar refractivity (Wildman–Crippen MR) is 154 cm³/mol. The molecule has 1 saturated heterocycles. The summed E-state index contributed by atoms with van der Waals surface area (Å²) in [6, 6.07) is 15.9. The summed E-state index contributed by atoms with van der Waals surface area (Å²) in [6.07, 6.45) is -3.42. The average molecular weight is 602 g/mol. The van der Waals surface area contributed by atoms with Crippen molar-refractivity contribution in [2.45, 2.75) is 50.7 Å². The Morgan fingerprint density at radius 3 is 2.51 bits per heavy atom. The third kappa shape index (κ3) is 7.35. The summed E-state index contributed by atoms with van der Waals surface area (Å²) in [5.41, 5.74) is 1.83. The van der Waals surface area contributed by atoms with E-state index < -0.39 is 42.1 Å². The number of hydrogen-bond acceptors (Lipinski definition) is 5. The Hall–Kier alpha value is -3.66. The third-order valence-electron chi connectivity index (χ3n) is 7.10. The molecule has 3 amide bonds. The first-order valence-corrected chi connectivity index (χ1v) is 13.8. The lowest BCUT2D eigenvalue weighted by Crippen LogP contribution is -2.55. The maximum atomic E-state index is 14.6. The van der Waals surface area contributed by atoms with Crippen LogP contribution in [0, 0.1) is 6.92 Å². The predicted octanol–water partition coefficient (Wildman–Crippen LogP) is 3.96. The van der Waals surface area contributed by atoms with Crippen molar-refractivity contribution in [3.63, 3.8) is 0 Å². The van der Waals surface area contributed by atoms with E-state index in [9.17, 15) is 29.0 Å². The van der Waals surface area contributed by atoms with Gasteiger partial charge in [-0.05, 0) is 48.7 Å². The van der Waals surface area contributed by atoms with Gasteiger partial charge in [0.15, 0.2) is 6.10 Å². The van der Waals surface area contributed by atoms with E-state index in [0.717, 1.165) is 10.5 Å². The fraction of sp³-hybridized carbons (Fsp3) is 0.300. The van der Waals surface area contributed by atoms with Crippen molar-refractivity contribution < 1.29 is 29.0 Å². The summed E-state index contributed by atoms with van der Waals surface area (Å²) in [5.74, 6) is -2.17. The van der Waals surface area contributed by atoms with Crippen LogP contribution in [0.4, 0.5) is 4.39 Å².